The predicted octanol–water partition coefficient (Wildman–Crippen LogP) is 2.96. The molecule has 3 nitrogen and oxygen atoms in total. The first-order valence-corrected chi connectivity index (χ1v) is 8.59. The third-order valence-electron chi connectivity index (χ3n) is 3.37. The minimum Gasteiger partial charge on any atom is -0.332 e. The van der Waals surface area contributed by atoms with E-state index < -0.39 is 0 Å². The van der Waals surface area contributed by atoms with Gasteiger partial charge in [-0.25, -0.2) is 0 Å². The summed E-state index contributed by atoms with van der Waals surface area (Å²) >= 11 is 7.78. The molecule has 1 aromatic carbocycles. The Morgan fingerprint density at radius 2 is 2.40 bits per heavy atom. The maximum atomic E-state index is 12.4. The van der Waals surface area contributed by atoms with E-state index in [1.807, 2.05) is 29.2 Å². The Balaban J connectivity index is 2.07. The quantitative estimate of drug-likeness (QED) is 0.848. The summed E-state index contributed by atoms with van der Waals surface area (Å²) < 4.78 is 0. The third-order valence-corrected chi connectivity index (χ3v) is 4.75. The highest BCUT2D eigenvalue weighted by Gasteiger charge is 2.27. The molecule has 0 aromatic heterocycles. The molecule has 0 aliphatic carbocycles. The molecule has 1 atom stereocenters. The van der Waals surface area contributed by atoms with E-state index in [2.05, 4.69) is 12.2 Å². The van der Waals surface area contributed by atoms with Crippen LogP contribution in [0.25, 0.3) is 0 Å². The fraction of sp³-hybridized carbons (Fsp3) is 0.533. The molecule has 1 heterocycles. The monoisotopic (exact) mass is 312 g/mol. The van der Waals surface area contributed by atoms with Crippen LogP contribution in [0, 0.1) is 0 Å². The van der Waals surface area contributed by atoms with Crippen LogP contribution in [0.5, 0.6) is 0 Å². The highest BCUT2D eigenvalue weighted by molar-refractivity contribution is 7.99. The predicted molar refractivity (Wildman–Crippen MR) is 86.4 cm³/mol. The molecule has 5 heteroatoms. The molecule has 0 radical (unpaired) electrons. The zero-order valence-electron chi connectivity index (χ0n) is 11.8. The van der Waals surface area contributed by atoms with E-state index in [4.69, 9.17) is 11.6 Å². The number of carbonyl (C=O) groups excluding carboxylic acids is 1. The lowest BCUT2D eigenvalue weighted by Crippen LogP contribution is -2.49. The van der Waals surface area contributed by atoms with Crippen LogP contribution >= 0.6 is 23.4 Å². The van der Waals surface area contributed by atoms with Gasteiger partial charge in [-0.1, -0.05) is 30.7 Å². The van der Waals surface area contributed by atoms with Gasteiger partial charge in [-0.3, -0.25) is 4.79 Å². The second-order valence-electron chi connectivity index (χ2n) is 4.91. The molecule has 1 N–H and O–H groups in total. The van der Waals surface area contributed by atoms with Gasteiger partial charge in [-0.05, 0) is 29.9 Å². The molecule has 0 bridgehead atoms. The fourth-order valence-corrected chi connectivity index (χ4v) is 3.37. The smallest absolute Gasteiger partial charge is 0.233 e. The topological polar surface area (TPSA) is 32.3 Å². The molecule has 1 aromatic rings. The van der Waals surface area contributed by atoms with Crippen LogP contribution in [0.4, 0.5) is 0 Å². The summed E-state index contributed by atoms with van der Waals surface area (Å²) in [7, 11) is 0. The Bertz CT molecular complexity index is 455. The van der Waals surface area contributed by atoms with Crippen LogP contribution in [0.1, 0.15) is 24.9 Å². The van der Waals surface area contributed by atoms with Crippen molar-refractivity contribution in [2.75, 3.05) is 31.1 Å². The van der Waals surface area contributed by atoms with Crippen molar-refractivity contribution in [3.05, 3.63) is 34.9 Å². The van der Waals surface area contributed by atoms with Crippen molar-refractivity contribution in [1.29, 1.82) is 0 Å². The molecule has 110 valence electrons. The first kappa shape index (κ1) is 15.7. The largest absolute Gasteiger partial charge is 0.332 e. The molecule has 2 rings (SSSR count). The highest BCUT2D eigenvalue weighted by atomic mass is 35.5. The van der Waals surface area contributed by atoms with E-state index in [-0.39, 0.29) is 11.9 Å². The molecule has 1 fully saturated rings. The van der Waals surface area contributed by atoms with Gasteiger partial charge in [0.2, 0.25) is 5.91 Å². The number of hydrogen-bond acceptors (Lipinski definition) is 3. The van der Waals surface area contributed by atoms with Gasteiger partial charge in [0, 0.05) is 24.7 Å². The number of amides is 1. The first-order valence-electron chi connectivity index (χ1n) is 7.05. The van der Waals surface area contributed by atoms with Crippen molar-refractivity contribution in [2.45, 2.75) is 19.4 Å². The van der Waals surface area contributed by atoms with Gasteiger partial charge in [0.05, 0.1) is 11.8 Å². The number of nitrogens with one attached hydrogen (secondary N) is 1. The molecular weight excluding hydrogens is 292 g/mol. The second kappa shape index (κ2) is 7.91. The van der Waals surface area contributed by atoms with E-state index in [0.717, 1.165) is 42.4 Å². The molecule has 0 saturated carbocycles. The maximum Gasteiger partial charge on any atom is 0.233 e. The average Bonchev–Trinajstić information content (AvgIpc) is 2.47. The Morgan fingerprint density at radius 1 is 1.55 bits per heavy atom. The molecule has 1 aliphatic heterocycles. The molecule has 1 saturated heterocycles. The normalized spacial score (nSPS) is 19.1. The number of thioether (sulfide) groups is 1. The van der Waals surface area contributed by atoms with Crippen LogP contribution in [-0.2, 0) is 4.79 Å². The minimum absolute atomic E-state index is 0.0946. The summed E-state index contributed by atoms with van der Waals surface area (Å²) in [5.74, 6) is 1.85. The van der Waals surface area contributed by atoms with Crippen molar-refractivity contribution in [3.63, 3.8) is 0 Å². The summed E-state index contributed by atoms with van der Waals surface area (Å²) in [6.45, 7) is 4.56. The lowest BCUT2D eigenvalue weighted by molar-refractivity contribution is -0.131. The Kier molecular flexibility index (Phi) is 6.20. The molecule has 1 aliphatic rings. The molecule has 1 unspecified atom stereocenters. The maximum absolute atomic E-state index is 12.4. The van der Waals surface area contributed by atoms with E-state index in [1.165, 1.54) is 0 Å². The third kappa shape index (κ3) is 4.14. The van der Waals surface area contributed by atoms with Crippen molar-refractivity contribution >= 4 is 29.3 Å². The first-order chi connectivity index (χ1) is 9.72. The number of rotatable bonds is 5. The Morgan fingerprint density at radius 3 is 3.15 bits per heavy atom. The van der Waals surface area contributed by atoms with E-state index >= 15 is 0 Å². The Hall–Kier alpha value is -0.710. The standard InChI is InChI=1S/C15H21ClN2OS/c1-2-8-20-11-15(19)18-7-6-17-10-14(18)12-4-3-5-13(16)9-12/h3-5,9,14,17H,2,6-8,10-11H2,1H3. The van der Waals surface area contributed by atoms with Crippen molar-refractivity contribution < 1.29 is 4.79 Å². The van der Waals surface area contributed by atoms with Gasteiger partial charge in [-0.15, -0.1) is 0 Å². The number of halogens is 1. The molecular formula is C15H21ClN2OS. The van der Waals surface area contributed by atoms with Gasteiger partial charge in [0.25, 0.3) is 0 Å². The van der Waals surface area contributed by atoms with E-state index in [1.54, 1.807) is 11.8 Å². The fourth-order valence-electron chi connectivity index (χ4n) is 2.40. The minimum atomic E-state index is 0.0946. The van der Waals surface area contributed by atoms with Crippen LogP contribution in [0.15, 0.2) is 24.3 Å². The summed E-state index contributed by atoms with van der Waals surface area (Å²) in [4.78, 5) is 14.4. The van der Waals surface area contributed by atoms with Gasteiger partial charge < -0.3 is 10.2 Å². The van der Waals surface area contributed by atoms with Crippen molar-refractivity contribution in [1.82, 2.24) is 10.2 Å². The molecule has 1 amide bonds. The molecule has 20 heavy (non-hydrogen) atoms. The van der Waals surface area contributed by atoms with Gasteiger partial charge in [-0.2, -0.15) is 11.8 Å². The summed E-state index contributed by atoms with van der Waals surface area (Å²) in [5, 5.41) is 4.08. The lowest BCUT2D eigenvalue weighted by Gasteiger charge is -2.36. The van der Waals surface area contributed by atoms with Crippen LogP contribution in [0.2, 0.25) is 5.02 Å². The zero-order chi connectivity index (χ0) is 14.4. The average molecular weight is 313 g/mol. The van der Waals surface area contributed by atoms with Crippen molar-refractivity contribution in [3.8, 4) is 0 Å². The Labute approximate surface area is 130 Å². The van der Waals surface area contributed by atoms with E-state index in [9.17, 15) is 4.79 Å². The van der Waals surface area contributed by atoms with Gasteiger partial charge in [0.1, 0.15) is 0 Å². The number of nitrogens with zero attached hydrogens (tertiary/aromatic N) is 1. The summed E-state index contributed by atoms with van der Waals surface area (Å²) in [5.41, 5.74) is 1.11. The number of benzene rings is 1. The van der Waals surface area contributed by atoms with Crippen LogP contribution in [0.3, 0.4) is 0 Å². The number of piperazine rings is 1. The SMILES string of the molecule is CCCSCC(=O)N1CCNCC1c1cccc(Cl)c1. The number of hydrogen-bond donors (Lipinski definition) is 1. The zero-order valence-corrected chi connectivity index (χ0v) is 13.3. The van der Waals surface area contributed by atoms with E-state index in [0.29, 0.717) is 5.75 Å². The molecule has 0 spiro atoms. The lowest BCUT2D eigenvalue weighted by atomic mass is 10.0. The number of carbonyl (C=O) groups is 1. The summed E-state index contributed by atoms with van der Waals surface area (Å²) in [6.07, 6.45) is 1.11. The van der Waals surface area contributed by atoms with Crippen molar-refractivity contribution in [2.24, 2.45) is 0 Å². The highest BCUT2D eigenvalue weighted by Crippen LogP contribution is 2.25. The van der Waals surface area contributed by atoms with Gasteiger partial charge in [0.15, 0.2) is 0 Å². The van der Waals surface area contributed by atoms with Crippen LogP contribution in [-0.4, -0.2) is 41.9 Å². The van der Waals surface area contributed by atoms with Gasteiger partial charge >= 0.3 is 0 Å². The van der Waals surface area contributed by atoms with Crippen LogP contribution < -0.4 is 5.32 Å². The summed E-state index contributed by atoms with van der Waals surface area (Å²) in [6, 6.07) is 7.91. The second-order valence-corrected chi connectivity index (χ2v) is 6.46.